The van der Waals surface area contributed by atoms with E-state index in [0.29, 0.717) is 6.07 Å². The highest BCUT2D eigenvalue weighted by Gasteiger charge is 2.36. The Kier molecular flexibility index (Phi) is 3.32. The van der Waals surface area contributed by atoms with E-state index < -0.39 is 17.5 Å². The first-order chi connectivity index (χ1) is 9.77. The molecule has 0 saturated heterocycles. The summed E-state index contributed by atoms with van der Waals surface area (Å²) in [7, 11) is 1.44. The molecular weight excluding hydrogens is 285 g/mol. The van der Waals surface area contributed by atoms with Gasteiger partial charge in [-0.25, -0.2) is 0 Å². The third-order valence-corrected chi connectivity index (χ3v) is 2.81. The van der Waals surface area contributed by atoms with Gasteiger partial charge in [-0.15, -0.1) is 0 Å². The van der Waals surface area contributed by atoms with Crippen LogP contribution in [0.3, 0.4) is 0 Å². The van der Waals surface area contributed by atoms with E-state index in [0.717, 1.165) is 6.07 Å². The topological polar surface area (TPSA) is 85.6 Å². The second kappa shape index (κ2) is 4.84. The monoisotopic (exact) mass is 292 g/mol. The SMILES string of the molecule is Cn1nc(-c2cc(C#N)cc(C(F)(F)F)c2O)cc1C#N. The zero-order chi connectivity index (χ0) is 15.8. The molecule has 0 bridgehead atoms. The van der Waals surface area contributed by atoms with E-state index in [1.807, 2.05) is 6.07 Å². The Morgan fingerprint density at radius 1 is 1.19 bits per heavy atom. The largest absolute Gasteiger partial charge is 0.507 e. The van der Waals surface area contributed by atoms with E-state index in [4.69, 9.17) is 10.5 Å². The van der Waals surface area contributed by atoms with E-state index in [1.54, 1.807) is 6.07 Å². The van der Waals surface area contributed by atoms with E-state index >= 15 is 0 Å². The van der Waals surface area contributed by atoms with Gasteiger partial charge in [0.05, 0.1) is 22.9 Å². The van der Waals surface area contributed by atoms with Gasteiger partial charge in [0.2, 0.25) is 0 Å². The summed E-state index contributed by atoms with van der Waals surface area (Å²) in [6, 6.07) is 6.30. The fraction of sp³-hybridized carbons (Fsp3) is 0.154. The molecule has 0 aliphatic rings. The highest BCUT2D eigenvalue weighted by Crippen LogP contribution is 2.41. The molecule has 0 aliphatic carbocycles. The van der Waals surface area contributed by atoms with Crippen LogP contribution >= 0.6 is 0 Å². The zero-order valence-electron chi connectivity index (χ0n) is 10.6. The average Bonchev–Trinajstić information content (AvgIpc) is 2.78. The lowest BCUT2D eigenvalue weighted by molar-refractivity contribution is -0.138. The van der Waals surface area contributed by atoms with Crippen molar-refractivity contribution >= 4 is 0 Å². The molecule has 0 radical (unpaired) electrons. The number of aryl methyl sites for hydroxylation is 1. The fourth-order valence-electron chi connectivity index (χ4n) is 1.81. The first-order valence-corrected chi connectivity index (χ1v) is 5.56. The Labute approximate surface area is 117 Å². The van der Waals surface area contributed by atoms with Crippen LogP contribution in [0.25, 0.3) is 11.3 Å². The average molecular weight is 292 g/mol. The maximum atomic E-state index is 12.9. The van der Waals surface area contributed by atoms with Crippen molar-refractivity contribution in [3.8, 4) is 29.1 Å². The van der Waals surface area contributed by atoms with Crippen molar-refractivity contribution in [3.63, 3.8) is 0 Å². The first kappa shape index (κ1) is 14.4. The highest BCUT2D eigenvalue weighted by atomic mass is 19.4. The van der Waals surface area contributed by atoms with Crippen LogP contribution in [0.1, 0.15) is 16.8 Å². The number of hydrogen-bond acceptors (Lipinski definition) is 4. The quantitative estimate of drug-likeness (QED) is 0.875. The van der Waals surface area contributed by atoms with Crippen LogP contribution in [0.15, 0.2) is 18.2 Å². The van der Waals surface area contributed by atoms with Crippen LogP contribution in [0.4, 0.5) is 13.2 Å². The van der Waals surface area contributed by atoms with E-state index in [-0.39, 0.29) is 22.5 Å². The van der Waals surface area contributed by atoms with Crippen molar-refractivity contribution in [2.75, 3.05) is 0 Å². The van der Waals surface area contributed by atoms with Crippen molar-refractivity contribution in [1.82, 2.24) is 9.78 Å². The van der Waals surface area contributed by atoms with Crippen molar-refractivity contribution in [2.24, 2.45) is 7.05 Å². The molecule has 1 aromatic carbocycles. The Morgan fingerprint density at radius 3 is 2.33 bits per heavy atom. The lowest BCUT2D eigenvalue weighted by atomic mass is 10.0. The lowest BCUT2D eigenvalue weighted by Gasteiger charge is -2.12. The minimum atomic E-state index is -4.81. The lowest BCUT2D eigenvalue weighted by Crippen LogP contribution is -2.06. The summed E-state index contributed by atoms with van der Waals surface area (Å²) in [4.78, 5) is 0. The summed E-state index contributed by atoms with van der Waals surface area (Å²) in [5.74, 6) is -1.02. The second-order valence-electron chi connectivity index (χ2n) is 4.18. The molecule has 0 saturated carbocycles. The van der Waals surface area contributed by atoms with Crippen LogP contribution in [0, 0.1) is 22.7 Å². The summed E-state index contributed by atoms with van der Waals surface area (Å²) < 4.78 is 39.8. The molecule has 0 aliphatic heterocycles. The minimum Gasteiger partial charge on any atom is -0.507 e. The molecule has 1 N–H and O–H groups in total. The van der Waals surface area contributed by atoms with Gasteiger partial charge in [0.15, 0.2) is 0 Å². The predicted octanol–water partition coefficient (Wildman–Crippen LogP) is 2.55. The standard InChI is InChI=1S/C13H7F3N4O/c1-20-8(6-18)4-11(19-20)9-2-7(5-17)3-10(12(9)21)13(14,15)16/h2-4,21H,1H3. The molecule has 5 nitrogen and oxygen atoms in total. The normalized spacial score (nSPS) is 11.0. The molecule has 106 valence electrons. The number of phenols is 1. The smallest absolute Gasteiger partial charge is 0.420 e. The third kappa shape index (κ3) is 2.51. The van der Waals surface area contributed by atoms with Gasteiger partial charge in [0.1, 0.15) is 17.5 Å². The number of hydrogen-bond donors (Lipinski definition) is 1. The van der Waals surface area contributed by atoms with Gasteiger partial charge in [-0.05, 0) is 12.1 Å². The number of halogens is 3. The minimum absolute atomic E-state index is 0.0193. The van der Waals surface area contributed by atoms with E-state index in [2.05, 4.69) is 5.10 Å². The van der Waals surface area contributed by atoms with Crippen LogP contribution in [-0.4, -0.2) is 14.9 Å². The van der Waals surface area contributed by atoms with Gasteiger partial charge in [-0.3, -0.25) is 4.68 Å². The molecule has 2 aromatic rings. The molecule has 0 unspecified atom stereocenters. The number of nitrogens with zero attached hydrogens (tertiary/aromatic N) is 4. The first-order valence-electron chi connectivity index (χ1n) is 5.56. The van der Waals surface area contributed by atoms with Gasteiger partial charge in [-0.1, -0.05) is 0 Å². The molecule has 8 heteroatoms. The predicted molar refractivity (Wildman–Crippen MR) is 64.7 cm³/mol. The van der Waals surface area contributed by atoms with Gasteiger partial charge in [0, 0.05) is 18.7 Å². The summed E-state index contributed by atoms with van der Waals surface area (Å²) in [5.41, 5.74) is -1.74. The summed E-state index contributed by atoms with van der Waals surface area (Å²) >= 11 is 0. The summed E-state index contributed by atoms with van der Waals surface area (Å²) in [6.45, 7) is 0. The molecule has 0 fully saturated rings. The number of phenolic OH excluding ortho intramolecular Hbond substituents is 1. The van der Waals surface area contributed by atoms with Crippen molar-refractivity contribution in [3.05, 3.63) is 35.0 Å². The van der Waals surface area contributed by atoms with Crippen molar-refractivity contribution in [1.29, 1.82) is 10.5 Å². The number of aromatic nitrogens is 2. The fourth-order valence-corrected chi connectivity index (χ4v) is 1.81. The van der Waals surface area contributed by atoms with Gasteiger partial charge in [0.25, 0.3) is 0 Å². The number of aromatic hydroxyl groups is 1. The number of benzene rings is 1. The number of nitriles is 2. The Morgan fingerprint density at radius 2 is 1.86 bits per heavy atom. The van der Waals surface area contributed by atoms with Crippen LogP contribution in [0.2, 0.25) is 0 Å². The molecule has 1 aromatic heterocycles. The Balaban J connectivity index is 2.74. The number of rotatable bonds is 1. The molecule has 0 amide bonds. The van der Waals surface area contributed by atoms with Crippen molar-refractivity contribution < 1.29 is 18.3 Å². The van der Waals surface area contributed by atoms with E-state index in [1.165, 1.54) is 17.8 Å². The summed E-state index contributed by atoms with van der Waals surface area (Å²) in [6.07, 6.45) is -4.81. The molecule has 0 atom stereocenters. The Bertz CT molecular complexity index is 793. The van der Waals surface area contributed by atoms with Gasteiger partial charge in [-0.2, -0.15) is 28.8 Å². The molecular formula is C13H7F3N4O. The summed E-state index contributed by atoms with van der Waals surface area (Å²) in [5, 5.41) is 31.3. The van der Waals surface area contributed by atoms with E-state index in [9.17, 15) is 18.3 Å². The van der Waals surface area contributed by atoms with Crippen LogP contribution in [0.5, 0.6) is 5.75 Å². The molecule has 2 rings (SSSR count). The Hall–Kier alpha value is -3.00. The molecule has 1 heterocycles. The van der Waals surface area contributed by atoms with Crippen molar-refractivity contribution in [2.45, 2.75) is 6.18 Å². The zero-order valence-corrected chi connectivity index (χ0v) is 10.6. The highest BCUT2D eigenvalue weighted by molar-refractivity contribution is 5.72. The van der Waals surface area contributed by atoms with Gasteiger partial charge < -0.3 is 5.11 Å². The van der Waals surface area contributed by atoms with Crippen LogP contribution < -0.4 is 0 Å². The third-order valence-electron chi connectivity index (χ3n) is 2.81. The maximum absolute atomic E-state index is 12.9. The second-order valence-corrected chi connectivity index (χ2v) is 4.18. The molecule has 21 heavy (non-hydrogen) atoms. The number of alkyl halides is 3. The van der Waals surface area contributed by atoms with Crippen LogP contribution in [-0.2, 0) is 13.2 Å². The maximum Gasteiger partial charge on any atom is 0.420 e. The molecule has 0 spiro atoms. The van der Waals surface area contributed by atoms with Gasteiger partial charge >= 0.3 is 6.18 Å².